The lowest BCUT2D eigenvalue weighted by Gasteiger charge is -2.31. The van der Waals surface area contributed by atoms with Crippen molar-refractivity contribution in [3.8, 4) is 0 Å². The van der Waals surface area contributed by atoms with Gasteiger partial charge in [0.1, 0.15) is 6.61 Å². The molecule has 0 fully saturated rings. The third-order valence-electron chi connectivity index (χ3n) is 10.4. The number of carboxylic acids is 1. The summed E-state index contributed by atoms with van der Waals surface area (Å²) in [6.07, 6.45) is 51.4. The Morgan fingerprint density at radius 2 is 0.932 bits per heavy atom. The van der Waals surface area contributed by atoms with Crippen LogP contribution in [0.3, 0.4) is 0 Å². The molecule has 0 radical (unpaired) electrons. The number of carbonyl (C=O) groups excluding carboxylic acids is 2. The summed E-state index contributed by atoms with van der Waals surface area (Å²) in [7, 11) is 5.51. The van der Waals surface area contributed by atoms with Crippen LogP contribution in [0.4, 0.5) is 0 Å². The molecule has 0 saturated carbocycles. The predicted molar refractivity (Wildman–Crippen MR) is 247 cm³/mol. The second-order valence-electron chi connectivity index (χ2n) is 17.0. The average Bonchev–Trinajstić information content (AvgIpc) is 3.19. The van der Waals surface area contributed by atoms with E-state index in [1.807, 2.05) is 27.2 Å². The molecule has 0 saturated heterocycles. The van der Waals surface area contributed by atoms with Gasteiger partial charge in [-0.05, 0) is 70.6 Å². The lowest BCUT2D eigenvalue weighted by molar-refractivity contribution is -0.887. The van der Waals surface area contributed by atoms with E-state index in [1.54, 1.807) is 0 Å². The third-order valence-corrected chi connectivity index (χ3v) is 10.4. The van der Waals surface area contributed by atoms with Crippen molar-refractivity contribution in [1.29, 1.82) is 0 Å². The van der Waals surface area contributed by atoms with Crippen molar-refractivity contribution in [2.24, 2.45) is 0 Å². The molecule has 340 valence electrons. The molecule has 0 aliphatic heterocycles. The van der Waals surface area contributed by atoms with Gasteiger partial charge in [0, 0.05) is 19.3 Å². The van der Waals surface area contributed by atoms with Gasteiger partial charge >= 0.3 is 17.9 Å². The minimum Gasteiger partial charge on any atom is -0.477 e. The Balaban J connectivity index is 4.33. The molecule has 59 heavy (non-hydrogen) atoms. The first-order chi connectivity index (χ1) is 28.6. The molecule has 0 aliphatic carbocycles. The normalized spacial score (nSPS) is 13.4. The van der Waals surface area contributed by atoms with Crippen LogP contribution in [0.25, 0.3) is 0 Å². The van der Waals surface area contributed by atoms with Crippen LogP contribution < -0.4 is 0 Å². The largest absolute Gasteiger partial charge is 0.477 e. The molecule has 1 N–H and O–H groups in total. The van der Waals surface area contributed by atoms with E-state index in [0.717, 1.165) is 51.4 Å². The van der Waals surface area contributed by atoms with Gasteiger partial charge in [-0.3, -0.25) is 9.59 Å². The molecule has 0 rings (SSSR count). The van der Waals surface area contributed by atoms with Crippen molar-refractivity contribution in [1.82, 2.24) is 0 Å². The number of quaternary nitrogens is 1. The molecule has 2 atom stereocenters. The van der Waals surface area contributed by atoms with Gasteiger partial charge in [-0.25, -0.2) is 4.79 Å². The summed E-state index contributed by atoms with van der Waals surface area (Å²) >= 11 is 0. The van der Waals surface area contributed by atoms with E-state index in [9.17, 15) is 19.5 Å². The van der Waals surface area contributed by atoms with E-state index in [-0.39, 0.29) is 42.7 Å². The second kappa shape index (κ2) is 41.8. The number of carboxylic acid groups (broad SMARTS) is 1. The van der Waals surface area contributed by atoms with Crippen molar-refractivity contribution < 1.29 is 38.2 Å². The minimum absolute atomic E-state index is 0.0402. The van der Waals surface area contributed by atoms with Gasteiger partial charge in [-0.1, -0.05) is 164 Å². The van der Waals surface area contributed by atoms with Crippen LogP contribution in [0.5, 0.6) is 0 Å². The summed E-state index contributed by atoms with van der Waals surface area (Å²) in [5.74, 6) is -1.56. The lowest BCUT2D eigenvalue weighted by atomic mass is 10.1. The Kier molecular flexibility index (Phi) is 39.6. The number of aliphatic carboxylic acids is 1. The maximum absolute atomic E-state index is 12.8. The number of allylic oxidation sites excluding steroid dienone is 10. The Morgan fingerprint density at radius 1 is 0.508 bits per heavy atom. The first-order valence-corrected chi connectivity index (χ1v) is 23.8. The quantitative estimate of drug-likeness (QED) is 0.0283. The first-order valence-electron chi connectivity index (χ1n) is 23.8. The fraction of sp³-hybridized carbons (Fsp3) is 0.745. The molecule has 0 aromatic rings. The average molecular weight is 829 g/mol. The summed E-state index contributed by atoms with van der Waals surface area (Å²) in [6.45, 7) is 4.63. The number of hydrogen-bond donors (Lipinski definition) is 1. The van der Waals surface area contributed by atoms with E-state index in [1.165, 1.54) is 103 Å². The number of carbonyl (C=O) groups is 3. The van der Waals surface area contributed by atoms with Gasteiger partial charge < -0.3 is 23.8 Å². The summed E-state index contributed by atoms with van der Waals surface area (Å²) in [4.78, 5) is 37.0. The highest BCUT2D eigenvalue weighted by Gasteiger charge is 2.31. The Morgan fingerprint density at radius 3 is 1.42 bits per heavy atom. The molecule has 0 aliphatic rings. The SMILES string of the molecule is CCCCC/C=C/C/C=C/C/C=C/CCCCCCCCCCCC(=O)OC(COCCC(C(=O)O)[N+](C)(C)C)COC(=O)CC/C=C/C/C=C/CCCCCCCC. The number of ether oxygens (including phenoxy) is 3. The molecule has 0 aromatic carbocycles. The van der Waals surface area contributed by atoms with Crippen LogP contribution in [0.1, 0.15) is 194 Å². The Hall–Kier alpha value is -2.97. The molecule has 0 heterocycles. The van der Waals surface area contributed by atoms with Crippen LogP contribution in [0.2, 0.25) is 0 Å². The van der Waals surface area contributed by atoms with Crippen molar-refractivity contribution in [3.05, 3.63) is 60.8 Å². The topological polar surface area (TPSA) is 99.1 Å². The maximum atomic E-state index is 12.8. The fourth-order valence-corrected chi connectivity index (χ4v) is 6.68. The summed E-state index contributed by atoms with van der Waals surface area (Å²) in [5, 5.41) is 9.63. The fourth-order valence-electron chi connectivity index (χ4n) is 6.68. The molecular formula is C51H90NO7+. The zero-order valence-electron chi connectivity index (χ0n) is 38.7. The third kappa shape index (κ3) is 40.2. The van der Waals surface area contributed by atoms with Gasteiger partial charge in [0.05, 0.1) is 34.4 Å². The highest BCUT2D eigenvalue weighted by Crippen LogP contribution is 2.14. The van der Waals surface area contributed by atoms with Crippen LogP contribution in [0.15, 0.2) is 60.8 Å². The first kappa shape index (κ1) is 56.0. The van der Waals surface area contributed by atoms with Gasteiger partial charge in [0.2, 0.25) is 0 Å². The summed E-state index contributed by atoms with van der Waals surface area (Å²) in [6, 6.07) is -0.624. The zero-order chi connectivity index (χ0) is 43.5. The lowest BCUT2D eigenvalue weighted by Crippen LogP contribution is -2.50. The Labute approximate surface area is 362 Å². The minimum atomic E-state index is -0.883. The van der Waals surface area contributed by atoms with Crippen molar-refractivity contribution >= 4 is 17.9 Å². The van der Waals surface area contributed by atoms with E-state index in [0.29, 0.717) is 19.3 Å². The molecule has 8 heteroatoms. The van der Waals surface area contributed by atoms with E-state index in [4.69, 9.17) is 14.2 Å². The summed E-state index contributed by atoms with van der Waals surface area (Å²) in [5.41, 5.74) is 0. The number of esters is 2. The second-order valence-corrected chi connectivity index (χ2v) is 17.0. The molecule has 0 bridgehead atoms. The van der Waals surface area contributed by atoms with Gasteiger partial charge in [0.15, 0.2) is 12.1 Å². The van der Waals surface area contributed by atoms with Gasteiger partial charge in [-0.15, -0.1) is 0 Å². The predicted octanol–water partition coefficient (Wildman–Crippen LogP) is 13.4. The zero-order valence-corrected chi connectivity index (χ0v) is 38.7. The number of nitrogens with zero attached hydrogens (tertiary/aromatic N) is 1. The number of rotatable bonds is 42. The van der Waals surface area contributed by atoms with Crippen molar-refractivity contribution in [2.45, 2.75) is 206 Å². The molecule has 0 amide bonds. The smallest absolute Gasteiger partial charge is 0.362 e. The van der Waals surface area contributed by atoms with Crippen LogP contribution in [0, 0.1) is 0 Å². The number of likely N-dealkylation sites (N-methyl/N-ethyl adjacent to an activating group) is 1. The maximum Gasteiger partial charge on any atom is 0.362 e. The summed E-state index contributed by atoms with van der Waals surface area (Å²) < 4.78 is 17.2. The molecule has 0 spiro atoms. The highest BCUT2D eigenvalue weighted by molar-refractivity contribution is 5.72. The van der Waals surface area contributed by atoms with E-state index in [2.05, 4.69) is 68.5 Å². The van der Waals surface area contributed by atoms with Gasteiger partial charge in [0.25, 0.3) is 0 Å². The van der Waals surface area contributed by atoms with E-state index >= 15 is 0 Å². The molecule has 8 nitrogen and oxygen atoms in total. The molecular weight excluding hydrogens is 739 g/mol. The van der Waals surface area contributed by atoms with Gasteiger partial charge in [-0.2, -0.15) is 0 Å². The number of hydrogen-bond acceptors (Lipinski definition) is 6. The Bertz CT molecular complexity index is 1150. The van der Waals surface area contributed by atoms with Crippen LogP contribution in [-0.2, 0) is 28.6 Å². The standard InChI is InChI=1S/C51H89NO7/c1-6-8-10-12-14-16-18-20-21-22-23-24-25-26-27-28-30-32-34-36-38-40-42-50(54)59-47(45-57-44-43-48(51(55)56)52(3,4)5)46-58-49(53)41-39-37-35-33-31-29-19-17-15-13-11-9-7-2/h14,16,20-21,23-24,29,31,35,37,47-48H,6-13,15,17-19,22,25-28,30,32-34,36,38-46H2,1-5H3/p+1/b16-14+,21-20+,24-23+,31-29+,37-35+. The molecule has 2 unspecified atom stereocenters. The van der Waals surface area contributed by atoms with Crippen LogP contribution >= 0.6 is 0 Å². The van der Waals surface area contributed by atoms with Crippen molar-refractivity contribution in [2.75, 3.05) is 41.0 Å². The monoisotopic (exact) mass is 829 g/mol. The highest BCUT2D eigenvalue weighted by atomic mass is 16.6. The van der Waals surface area contributed by atoms with Crippen LogP contribution in [-0.4, -0.2) is 80.6 Å². The van der Waals surface area contributed by atoms with Crippen molar-refractivity contribution in [3.63, 3.8) is 0 Å². The van der Waals surface area contributed by atoms with E-state index < -0.39 is 18.1 Å². The molecule has 0 aromatic heterocycles. The number of unbranched alkanes of at least 4 members (excludes halogenated alkanes) is 18.